The van der Waals surface area contributed by atoms with Crippen molar-refractivity contribution in [3.05, 3.63) is 180 Å². The largest absolute Gasteiger partial charge is 0.457 e. The number of hydrogen-bond acceptors (Lipinski definition) is 4. The van der Waals surface area contributed by atoms with Crippen LogP contribution in [-0.2, 0) is 5.41 Å². The van der Waals surface area contributed by atoms with Crippen molar-refractivity contribution < 1.29 is 4.74 Å². The molecule has 7 aromatic carbocycles. The van der Waals surface area contributed by atoms with Crippen LogP contribution in [0.3, 0.4) is 0 Å². The maximum Gasteiger partial charge on any atom is 0.161 e. The Bertz CT molecular complexity index is 2790. The average Bonchev–Trinajstić information content (AvgIpc) is 3.68. The molecule has 0 fully saturated rings. The van der Waals surface area contributed by atoms with E-state index >= 15 is 0 Å². The lowest BCUT2D eigenvalue weighted by atomic mass is 9.66. The zero-order valence-electron chi connectivity index (χ0n) is 26.2. The third kappa shape index (κ3) is 3.61. The molecule has 1 aliphatic carbocycles. The van der Waals surface area contributed by atoms with Crippen LogP contribution < -0.4 is 4.74 Å². The van der Waals surface area contributed by atoms with Crippen LogP contribution in [0, 0.1) is 0 Å². The van der Waals surface area contributed by atoms with E-state index < -0.39 is 5.41 Å². The Kier molecular flexibility index (Phi) is 5.47. The summed E-state index contributed by atoms with van der Waals surface area (Å²) < 4.78 is 9.11. The fraction of sp³-hybridized carbons (Fsp3) is 0.0222. The van der Waals surface area contributed by atoms with Gasteiger partial charge in [-0.2, -0.15) is 0 Å². The average molecular weight is 643 g/mol. The number of hydrogen-bond donors (Lipinski definition) is 0. The minimum absolute atomic E-state index is 0.542. The highest BCUT2D eigenvalue weighted by Gasteiger charge is 2.51. The van der Waals surface area contributed by atoms with E-state index in [1.54, 1.807) is 0 Å². The molecule has 0 atom stereocenters. The normalized spacial score (nSPS) is 13.6. The summed E-state index contributed by atoms with van der Waals surface area (Å²) in [6.45, 7) is 0. The zero-order chi connectivity index (χ0) is 32.1. The number of aromatic nitrogens is 2. The standard InChI is InChI=1S/C45H26N2OS/c1-4-16-33-30(13-1)42-32(15-11-19-36(42)45(33)34-17-5-8-21-38(34)48-39-22-9-6-18-35(39)45)44-46-37-20-7-2-14-31(37)43(47-44)27-24-25-29-28-12-3-10-23-40(28)49-41(29)26-27/h1-26H. The molecule has 0 radical (unpaired) electrons. The van der Waals surface area contributed by atoms with Crippen molar-refractivity contribution in [3.8, 4) is 45.3 Å². The predicted octanol–water partition coefficient (Wildman–Crippen LogP) is 11.8. The molecule has 0 unspecified atom stereocenters. The van der Waals surface area contributed by atoms with Crippen LogP contribution >= 0.6 is 11.3 Å². The van der Waals surface area contributed by atoms with E-state index in [1.807, 2.05) is 11.3 Å². The summed E-state index contributed by atoms with van der Waals surface area (Å²) in [5, 5.41) is 3.62. The van der Waals surface area contributed by atoms with Crippen LogP contribution in [0.25, 0.3) is 64.8 Å². The van der Waals surface area contributed by atoms with Gasteiger partial charge < -0.3 is 4.74 Å². The molecule has 228 valence electrons. The van der Waals surface area contributed by atoms with Crippen molar-refractivity contribution in [2.75, 3.05) is 0 Å². The summed E-state index contributed by atoms with van der Waals surface area (Å²) >= 11 is 1.83. The maximum atomic E-state index is 6.55. The molecule has 0 saturated carbocycles. The molecule has 0 amide bonds. The van der Waals surface area contributed by atoms with Crippen molar-refractivity contribution in [3.63, 3.8) is 0 Å². The van der Waals surface area contributed by atoms with E-state index in [0.717, 1.165) is 56.2 Å². The molecule has 3 nitrogen and oxygen atoms in total. The molecule has 2 aliphatic rings. The second-order valence-electron chi connectivity index (χ2n) is 12.8. The minimum atomic E-state index is -0.542. The van der Waals surface area contributed by atoms with Crippen LogP contribution in [0.2, 0.25) is 0 Å². The van der Waals surface area contributed by atoms with Gasteiger partial charge in [0.25, 0.3) is 0 Å². The Balaban J connectivity index is 1.20. The fourth-order valence-electron chi connectivity index (χ4n) is 8.38. The highest BCUT2D eigenvalue weighted by molar-refractivity contribution is 7.25. The lowest BCUT2D eigenvalue weighted by Crippen LogP contribution is -2.32. The van der Waals surface area contributed by atoms with E-state index in [4.69, 9.17) is 14.7 Å². The first-order valence-corrected chi connectivity index (χ1v) is 17.4. The quantitative estimate of drug-likeness (QED) is 0.188. The highest BCUT2D eigenvalue weighted by Crippen LogP contribution is 2.63. The summed E-state index contributed by atoms with van der Waals surface area (Å²) in [4.78, 5) is 10.7. The van der Waals surface area contributed by atoms with Gasteiger partial charge in [0.15, 0.2) is 5.82 Å². The number of rotatable bonds is 2. The molecule has 49 heavy (non-hydrogen) atoms. The number of nitrogens with zero attached hydrogens (tertiary/aromatic N) is 2. The molecule has 0 saturated heterocycles. The van der Waals surface area contributed by atoms with Crippen LogP contribution in [-0.4, -0.2) is 9.97 Å². The molecule has 2 aromatic heterocycles. The van der Waals surface area contributed by atoms with E-state index in [2.05, 4.69) is 158 Å². The van der Waals surface area contributed by atoms with Gasteiger partial charge in [-0.3, -0.25) is 0 Å². The number of ether oxygens (including phenoxy) is 1. The molecule has 4 heteroatoms. The molecular weight excluding hydrogens is 617 g/mol. The lowest BCUT2D eigenvalue weighted by molar-refractivity contribution is 0.436. The number of benzene rings is 7. The minimum Gasteiger partial charge on any atom is -0.457 e. The van der Waals surface area contributed by atoms with Gasteiger partial charge in [-0.15, -0.1) is 11.3 Å². The van der Waals surface area contributed by atoms with E-state index in [0.29, 0.717) is 0 Å². The molecule has 9 aromatic rings. The first kappa shape index (κ1) is 26.9. The number of thiophene rings is 1. The first-order valence-electron chi connectivity index (χ1n) is 16.6. The lowest BCUT2D eigenvalue weighted by Gasteiger charge is -2.39. The number of para-hydroxylation sites is 3. The zero-order valence-corrected chi connectivity index (χ0v) is 27.0. The molecule has 1 spiro atoms. The van der Waals surface area contributed by atoms with Gasteiger partial charge in [0.1, 0.15) is 11.5 Å². The summed E-state index contributed by atoms with van der Waals surface area (Å²) in [6, 6.07) is 56.2. The Morgan fingerprint density at radius 1 is 0.469 bits per heavy atom. The topological polar surface area (TPSA) is 35.0 Å². The Hall–Kier alpha value is -6.10. The number of fused-ring (bicyclic) bond motifs is 13. The first-order chi connectivity index (χ1) is 24.3. The van der Waals surface area contributed by atoms with Crippen molar-refractivity contribution in [1.29, 1.82) is 0 Å². The van der Waals surface area contributed by atoms with Gasteiger partial charge >= 0.3 is 0 Å². The Morgan fingerprint density at radius 3 is 1.94 bits per heavy atom. The van der Waals surface area contributed by atoms with Crippen LogP contribution in [0.1, 0.15) is 22.3 Å². The van der Waals surface area contributed by atoms with Crippen LogP contribution in [0.4, 0.5) is 0 Å². The van der Waals surface area contributed by atoms with Gasteiger partial charge in [-0.25, -0.2) is 9.97 Å². The Morgan fingerprint density at radius 2 is 1.10 bits per heavy atom. The molecule has 1 aliphatic heterocycles. The van der Waals surface area contributed by atoms with Gasteiger partial charge in [0.05, 0.1) is 16.6 Å². The van der Waals surface area contributed by atoms with E-state index in [9.17, 15) is 0 Å². The molecule has 11 rings (SSSR count). The third-order valence-electron chi connectivity index (χ3n) is 10.4. The summed E-state index contributed by atoms with van der Waals surface area (Å²) in [7, 11) is 0. The SMILES string of the molecule is c1ccc2c(c1)Oc1ccccc1C21c2ccccc2-c2c(-c3nc(-c4ccc5c(c4)sc4ccccc45)c4ccccc4n3)cccc21. The van der Waals surface area contributed by atoms with Gasteiger partial charge in [0.2, 0.25) is 0 Å². The molecule has 0 bridgehead atoms. The van der Waals surface area contributed by atoms with Crippen molar-refractivity contribution in [1.82, 2.24) is 9.97 Å². The second-order valence-corrected chi connectivity index (χ2v) is 13.9. The molecule has 0 N–H and O–H groups in total. The third-order valence-corrected chi connectivity index (χ3v) is 11.5. The van der Waals surface area contributed by atoms with E-state index in [1.165, 1.54) is 42.4 Å². The van der Waals surface area contributed by atoms with Gasteiger partial charge in [-0.1, -0.05) is 127 Å². The smallest absolute Gasteiger partial charge is 0.161 e. The summed E-state index contributed by atoms with van der Waals surface area (Å²) in [5.41, 5.74) is 10.6. The monoisotopic (exact) mass is 642 g/mol. The Labute approximate surface area is 286 Å². The highest BCUT2D eigenvalue weighted by atomic mass is 32.1. The van der Waals surface area contributed by atoms with E-state index in [-0.39, 0.29) is 0 Å². The molecular formula is C45H26N2OS. The van der Waals surface area contributed by atoms with Crippen LogP contribution in [0.5, 0.6) is 11.5 Å². The van der Waals surface area contributed by atoms with Gasteiger partial charge in [0, 0.05) is 47.8 Å². The fourth-order valence-corrected chi connectivity index (χ4v) is 9.52. The second kappa shape index (κ2) is 9.96. The van der Waals surface area contributed by atoms with Gasteiger partial charge in [-0.05, 0) is 52.6 Å². The maximum absolute atomic E-state index is 6.55. The summed E-state index contributed by atoms with van der Waals surface area (Å²) in [6.07, 6.45) is 0. The van der Waals surface area contributed by atoms with Crippen molar-refractivity contribution >= 4 is 42.4 Å². The van der Waals surface area contributed by atoms with Crippen LogP contribution in [0.15, 0.2) is 158 Å². The van der Waals surface area contributed by atoms with Crippen molar-refractivity contribution in [2.24, 2.45) is 0 Å². The van der Waals surface area contributed by atoms with Crippen molar-refractivity contribution in [2.45, 2.75) is 5.41 Å². The predicted molar refractivity (Wildman–Crippen MR) is 201 cm³/mol. The summed E-state index contributed by atoms with van der Waals surface area (Å²) in [5.74, 6) is 2.49. The molecule has 3 heterocycles.